The van der Waals surface area contributed by atoms with E-state index in [1.54, 1.807) is 17.2 Å². The number of halogens is 1. The minimum atomic E-state index is -0.604. The summed E-state index contributed by atoms with van der Waals surface area (Å²) in [6, 6.07) is 3.97. The van der Waals surface area contributed by atoms with Gasteiger partial charge in [-0.2, -0.15) is 9.65 Å². The summed E-state index contributed by atoms with van der Waals surface area (Å²) in [5, 5.41) is 22.0. The van der Waals surface area contributed by atoms with Crippen molar-refractivity contribution in [1.82, 2.24) is 20.0 Å². The number of allylic oxidation sites excluding steroid dienone is 6. The monoisotopic (exact) mass is 475 g/mol. The highest BCUT2D eigenvalue weighted by atomic mass is 19.1. The van der Waals surface area contributed by atoms with Crippen LogP contribution in [0.3, 0.4) is 0 Å². The van der Waals surface area contributed by atoms with Gasteiger partial charge in [-0.3, -0.25) is 15.4 Å². The Morgan fingerprint density at radius 3 is 2.83 bits per heavy atom. The van der Waals surface area contributed by atoms with E-state index in [2.05, 4.69) is 39.3 Å². The van der Waals surface area contributed by atoms with Crippen LogP contribution in [0.25, 0.3) is 5.57 Å². The highest BCUT2D eigenvalue weighted by molar-refractivity contribution is 5.84. The van der Waals surface area contributed by atoms with Crippen molar-refractivity contribution >= 4 is 23.0 Å². The van der Waals surface area contributed by atoms with Gasteiger partial charge in [-0.1, -0.05) is 36.8 Å². The molecule has 0 amide bonds. The van der Waals surface area contributed by atoms with E-state index in [4.69, 9.17) is 11.3 Å². The van der Waals surface area contributed by atoms with Gasteiger partial charge in [0, 0.05) is 24.9 Å². The van der Waals surface area contributed by atoms with Gasteiger partial charge in [0.15, 0.2) is 11.6 Å². The Kier molecular flexibility index (Phi) is 8.64. The average Bonchev–Trinajstić information content (AvgIpc) is 2.85. The second kappa shape index (κ2) is 11.9. The summed E-state index contributed by atoms with van der Waals surface area (Å²) in [5.74, 6) is 5.44. The first kappa shape index (κ1) is 25.5. The van der Waals surface area contributed by atoms with E-state index in [9.17, 15) is 5.26 Å². The number of aromatic nitrogens is 3. The van der Waals surface area contributed by atoms with Crippen LogP contribution in [0.15, 0.2) is 48.5 Å². The fourth-order valence-corrected chi connectivity index (χ4v) is 3.71. The van der Waals surface area contributed by atoms with Gasteiger partial charge in [-0.15, -0.1) is 0 Å². The number of nitrogens with zero attached hydrogens (tertiary/aromatic N) is 6. The predicted molar refractivity (Wildman–Crippen MR) is 136 cm³/mol. The second-order valence-electron chi connectivity index (χ2n) is 8.08. The molecule has 3 heterocycles. The standard InChI is InChI=1S/C25H30FN9/c1-4-6-17(3)10-19(7-5-2)23-20(12-27)11-18(13-30-23)14-31-24-22(26)25(33-16-32-24)34-8-9-35(29)21(28)15-34/h5-7,10-11,13,16,28H,4,8-9,14-15,29H2,1-3H3,(H,31,32,33)/b7-5-,17-6+,19-10+,28-21?. The molecule has 3 rings (SSSR count). The van der Waals surface area contributed by atoms with Crippen molar-refractivity contribution in [2.75, 3.05) is 29.9 Å². The molecule has 0 radical (unpaired) electrons. The lowest BCUT2D eigenvalue weighted by Crippen LogP contribution is -2.53. The molecule has 0 aromatic carbocycles. The third-order valence-electron chi connectivity index (χ3n) is 5.42. The molecule has 0 bridgehead atoms. The predicted octanol–water partition coefficient (Wildman–Crippen LogP) is 3.78. The van der Waals surface area contributed by atoms with Crippen LogP contribution >= 0.6 is 0 Å². The van der Waals surface area contributed by atoms with Crippen LogP contribution in [0.4, 0.5) is 16.0 Å². The molecule has 0 saturated carbocycles. The number of hydrogen-bond acceptors (Lipinski definition) is 8. The lowest BCUT2D eigenvalue weighted by atomic mass is 10.0. The van der Waals surface area contributed by atoms with Gasteiger partial charge in [-0.05, 0) is 31.9 Å². The zero-order chi connectivity index (χ0) is 25.4. The lowest BCUT2D eigenvalue weighted by molar-refractivity contribution is 0.409. The van der Waals surface area contributed by atoms with Gasteiger partial charge in [-0.25, -0.2) is 15.8 Å². The van der Waals surface area contributed by atoms with E-state index in [1.807, 2.05) is 32.1 Å². The number of rotatable bonds is 8. The van der Waals surface area contributed by atoms with E-state index in [-0.39, 0.29) is 30.6 Å². The van der Waals surface area contributed by atoms with Gasteiger partial charge in [0.05, 0.1) is 24.3 Å². The molecule has 1 aliphatic rings. The van der Waals surface area contributed by atoms with Crippen molar-refractivity contribution < 1.29 is 4.39 Å². The number of nitriles is 1. The molecular formula is C25H30FN9. The Morgan fingerprint density at radius 1 is 1.34 bits per heavy atom. The summed E-state index contributed by atoms with van der Waals surface area (Å²) in [7, 11) is 0. The smallest absolute Gasteiger partial charge is 0.207 e. The van der Waals surface area contributed by atoms with Gasteiger partial charge in [0.25, 0.3) is 0 Å². The van der Waals surface area contributed by atoms with Gasteiger partial charge in [0.2, 0.25) is 5.82 Å². The third kappa shape index (κ3) is 6.28. The van der Waals surface area contributed by atoms with Crippen LogP contribution in [0.2, 0.25) is 0 Å². The molecule has 0 spiro atoms. The summed E-state index contributed by atoms with van der Waals surface area (Å²) in [5.41, 5.74) is 3.68. The van der Waals surface area contributed by atoms with Crippen LogP contribution in [0.1, 0.15) is 44.0 Å². The molecule has 2 aromatic heterocycles. The molecule has 1 fully saturated rings. The first-order valence-corrected chi connectivity index (χ1v) is 11.4. The molecule has 10 heteroatoms. The van der Waals surface area contributed by atoms with Gasteiger partial charge < -0.3 is 10.2 Å². The molecule has 182 valence electrons. The van der Waals surface area contributed by atoms with Crippen LogP contribution in [-0.2, 0) is 6.54 Å². The fraction of sp³-hybridized carbons (Fsp3) is 0.320. The molecule has 35 heavy (non-hydrogen) atoms. The SMILES string of the molecule is C\C=C/C(=C\C(C)=C\CC)c1ncc(CNc2ncnc(N3CCN(N)C(=N)C3)c2F)cc1C#N. The minimum Gasteiger partial charge on any atom is -0.363 e. The molecule has 1 saturated heterocycles. The van der Waals surface area contributed by atoms with Crippen LogP contribution < -0.4 is 16.1 Å². The van der Waals surface area contributed by atoms with Crippen molar-refractivity contribution in [3.63, 3.8) is 0 Å². The average molecular weight is 476 g/mol. The number of hydrogen-bond donors (Lipinski definition) is 3. The number of anilines is 2. The topological polar surface area (TPSA) is 131 Å². The van der Waals surface area contributed by atoms with Crippen molar-refractivity contribution in [3.8, 4) is 6.07 Å². The molecule has 9 nitrogen and oxygen atoms in total. The molecule has 0 unspecified atom stereocenters. The largest absolute Gasteiger partial charge is 0.363 e. The van der Waals surface area contributed by atoms with Crippen LogP contribution in [0.5, 0.6) is 0 Å². The Bertz CT molecular complexity index is 1210. The zero-order valence-corrected chi connectivity index (χ0v) is 20.2. The van der Waals surface area contributed by atoms with Crippen LogP contribution in [-0.4, -0.2) is 45.4 Å². The third-order valence-corrected chi connectivity index (χ3v) is 5.42. The molecule has 1 aliphatic heterocycles. The second-order valence-corrected chi connectivity index (χ2v) is 8.08. The summed E-state index contributed by atoms with van der Waals surface area (Å²) in [4.78, 5) is 14.3. The first-order valence-electron chi connectivity index (χ1n) is 11.4. The number of hydrazine groups is 1. The molecule has 2 aromatic rings. The molecule has 0 aliphatic carbocycles. The number of pyridine rings is 1. The first-order chi connectivity index (χ1) is 16.9. The molecule has 4 N–H and O–H groups in total. The summed E-state index contributed by atoms with van der Waals surface area (Å²) in [6.45, 7) is 7.23. The number of nitrogens with two attached hydrogens (primary N) is 1. The minimum absolute atomic E-state index is 0.0362. The number of piperazine rings is 1. The van der Waals surface area contributed by atoms with Crippen molar-refractivity contribution in [3.05, 3.63) is 71.1 Å². The summed E-state index contributed by atoms with van der Waals surface area (Å²) < 4.78 is 15.1. The quantitative estimate of drug-likeness (QED) is 0.388. The number of nitrogens with one attached hydrogen (secondary N) is 2. The van der Waals surface area contributed by atoms with E-state index < -0.39 is 5.82 Å². The summed E-state index contributed by atoms with van der Waals surface area (Å²) in [6.07, 6.45) is 11.8. The Labute approximate surface area is 205 Å². The molecular weight excluding hydrogens is 445 g/mol. The van der Waals surface area contributed by atoms with Crippen LogP contribution in [0, 0.1) is 22.6 Å². The van der Waals surface area contributed by atoms with Crippen molar-refractivity contribution in [1.29, 1.82) is 10.7 Å². The van der Waals surface area contributed by atoms with Gasteiger partial charge in [0.1, 0.15) is 18.2 Å². The van der Waals surface area contributed by atoms with E-state index >= 15 is 4.39 Å². The summed E-state index contributed by atoms with van der Waals surface area (Å²) >= 11 is 0. The van der Waals surface area contributed by atoms with E-state index in [0.717, 1.165) is 17.6 Å². The number of amidine groups is 1. The Balaban J connectivity index is 1.81. The lowest BCUT2D eigenvalue weighted by Gasteiger charge is -2.34. The maximum atomic E-state index is 15.1. The van der Waals surface area contributed by atoms with E-state index in [1.165, 1.54) is 11.3 Å². The highest BCUT2D eigenvalue weighted by Gasteiger charge is 2.24. The van der Waals surface area contributed by atoms with Crippen molar-refractivity contribution in [2.45, 2.75) is 33.7 Å². The maximum absolute atomic E-state index is 15.1. The maximum Gasteiger partial charge on any atom is 0.207 e. The Hall–Kier alpha value is -4.10. The Morgan fingerprint density at radius 2 is 2.14 bits per heavy atom. The zero-order valence-electron chi connectivity index (χ0n) is 20.2. The molecule has 0 atom stereocenters. The van der Waals surface area contributed by atoms with Crippen molar-refractivity contribution in [2.24, 2.45) is 5.84 Å². The normalized spacial score (nSPS) is 15.0. The van der Waals surface area contributed by atoms with E-state index in [0.29, 0.717) is 29.9 Å². The highest BCUT2D eigenvalue weighted by Crippen LogP contribution is 2.24. The fourth-order valence-electron chi connectivity index (χ4n) is 3.71. The van der Waals surface area contributed by atoms with Gasteiger partial charge >= 0.3 is 0 Å².